The molecule has 4 heterocycles. The van der Waals surface area contributed by atoms with Crippen molar-refractivity contribution in [2.24, 2.45) is 0 Å². The Kier molecular flexibility index (Phi) is 2.98. The molecule has 3 aliphatic rings. The number of carbonyl (C=O) groups is 1. The van der Waals surface area contributed by atoms with Crippen molar-refractivity contribution in [2.45, 2.75) is 37.4 Å². The molecule has 1 aliphatic carbocycles. The highest BCUT2D eigenvalue weighted by Gasteiger charge is 2.41. The number of hydrogen-bond acceptors (Lipinski definition) is 7. The molecule has 2 aromatic heterocycles. The van der Waals surface area contributed by atoms with Crippen molar-refractivity contribution in [1.29, 1.82) is 0 Å². The van der Waals surface area contributed by atoms with Crippen molar-refractivity contribution in [3.8, 4) is 0 Å². The number of carbonyl (C=O) groups excluding carboxylic acids is 1. The van der Waals surface area contributed by atoms with Gasteiger partial charge in [0.1, 0.15) is 0 Å². The Labute approximate surface area is 136 Å². The van der Waals surface area contributed by atoms with Crippen molar-refractivity contribution in [2.75, 3.05) is 26.3 Å². The molecule has 2 aromatic rings. The van der Waals surface area contributed by atoms with E-state index in [-0.39, 0.29) is 5.91 Å². The summed E-state index contributed by atoms with van der Waals surface area (Å²) in [6.07, 6.45) is 3.71. The monoisotopic (exact) mass is 335 g/mol. The fourth-order valence-electron chi connectivity index (χ4n) is 3.29. The molecule has 0 atom stereocenters. The molecule has 0 N–H and O–H groups in total. The quantitative estimate of drug-likeness (QED) is 0.816. The minimum atomic E-state index is -0.461. The molecule has 9 heteroatoms. The Balaban J connectivity index is 1.34. The Hall–Kier alpha value is -1.58. The van der Waals surface area contributed by atoms with E-state index >= 15 is 0 Å². The third kappa shape index (κ3) is 2.26. The van der Waals surface area contributed by atoms with Gasteiger partial charge in [-0.15, -0.1) is 15.3 Å². The van der Waals surface area contributed by atoms with Crippen molar-refractivity contribution in [1.82, 2.24) is 24.7 Å². The Morgan fingerprint density at radius 2 is 1.91 bits per heavy atom. The van der Waals surface area contributed by atoms with Gasteiger partial charge in [0.2, 0.25) is 9.97 Å². The molecule has 1 saturated carbocycles. The molecule has 8 nitrogen and oxygen atoms in total. The summed E-state index contributed by atoms with van der Waals surface area (Å²) in [5.41, 5.74) is 0. The van der Waals surface area contributed by atoms with Gasteiger partial charge in [0.15, 0.2) is 11.6 Å². The van der Waals surface area contributed by atoms with E-state index in [1.165, 1.54) is 11.3 Å². The fourth-order valence-corrected chi connectivity index (χ4v) is 4.10. The Morgan fingerprint density at radius 1 is 1.17 bits per heavy atom. The van der Waals surface area contributed by atoms with Crippen LogP contribution in [0.2, 0.25) is 0 Å². The molecule has 23 heavy (non-hydrogen) atoms. The van der Waals surface area contributed by atoms with E-state index in [4.69, 9.17) is 9.47 Å². The van der Waals surface area contributed by atoms with Crippen molar-refractivity contribution in [3.05, 3.63) is 10.8 Å². The number of piperidine rings is 1. The first-order valence-electron chi connectivity index (χ1n) is 8.03. The van der Waals surface area contributed by atoms with E-state index in [1.807, 2.05) is 4.90 Å². The van der Waals surface area contributed by atoms with Gasteiger partial charge in [-0.25, -0.2) is 0 Å². The summed E-state index contributed by atoms with van der Waals surface area (Å²) >= 11 is 1.31. The van der Waals surface area contributed by atoms with Gasteiger partial charge in [0.05, 0.1) is 13.2 Å². The van der Waals surface area contributed by atoms with Gasteiger partial charge in [-0.3, -0.25) is 4.79 Å². The number of nitrogens with zero attached hydrogens (tertiary/aromatic N) is 5. The maximum Gasteiger partial charge on any atom is 0.284 e. The number of hydrogen-bond donors (Lipinski definition) is 0. The van der Waals surface area contributed by atoms with Crippen molar-refractivity contribution in [3.63, 3.8) is 0 Å². The van der Waals surface area contributed by atoms with Gasteiger partial charge in [-0.2, -0.15) is 4.52 Å². The third-order valence-corrected chi connectivity index (χ3v) is 5.65. The smallest absolute Gasteiger partial charge is 0.284 e. The molecule has 0 aromatic carbocycles. The summed E-state index contributed by atoms with van der Waals surface area (Å²) in [6, 6.07) is 0. The molecule has 3 fully saturated rings. The summed E-state index contributed by atoms with van der Waals surface area (Å²) < 4.78 is 13.1. The first-order chi connectivity index (χ1) is 11.2. The van der Waals surface area contributed by atoms with E-state index in [0.717, 1.165) is 31.5 Å². The zero-order chi connectivity index (χ0) is 15.4. The highest BCUT2D eigenvalue weighted by molar-refractivity contribution is 7.18. The second-order valence-electron chi connectivity index (χ2n) is 6.33. The molecule has 5 rings (SSSR count). The van der Waals surface area contributed by atoms with E-state index < -0.39 is 5.79 Å². The van der Waals surface area contributed by atoms with E-state index in [9.17, 15) is 4.79 Å². The van der Waals surface area contributed by atoms with Crippen LogP contribution in [0.5, 0.6) is 0 Å². The summed E-state index contributed by atoms with van der Waals surface area (Å²) in [4.78, 5) is 15.2. The molecule has 0 radical (unpaired) electrons. The van der Waals surface area contributed by atoms with Gasteiger partial charge in [-0.1, -0.05) is 11.3 Å². The maximum atomic E-state index is 12.7. The van der Waals surface area contributed by atoms with E-state index in [1.54, 1.807) is 4.52 Å². The van der Waals surface area contributed by atoms with Gasteiger partial charge in [-0.05, 0) is 12.8 Å². The van der Waals surface area contributed by atoms with Gasteiger partial charge in [0, 0.05) is 31.8 Å². The van der Waals surface area contributed by atoms with Crippen LogP contribution in [0.4, 0.5) is 0 Å². The minimum Gasteiger partial charge on any atom is -0.347 e. The van der Waals surface area contributed by atoms with Crippen LogP contribution in [-0.2, 0) is 9.47 Å². The normalized spacial score (nSPS) is 23.9. The number of rotatable bonds is 2. The predicted molar refractivity (Wildman–Crippen MR) is 80.4 cm³/mol. The van der Waals surface area contributed by atoms with Crippen LogP contribution >= 0.6 is 11.3 Å². The lowest BCUT2D eigenvalue weighted by Crippen LogP contribution is -2.47. The van der Waals surface area contributed by atoms with Crippen LogP contribution < -0.4 is 0 Å². The number of aromatic nitrogens is 4. The van der Waals surface area contributed by atoms with Crippen LogP contribution in [0.25, 0.3) is 4.96 Å². The Bertz CT molecular complexity index is 752. The lowest BCUT2D eigenvalue weighted by atomic mass is 10.0. The lowest BCUT2D eigenvalue weighted by molar-refractivity contribution is -0.181. The Morgan fingerprint density at radius 3 is 2.61 bits per heavy atom. The SMILES string of the molecule is O=C(c1nn2c(C3CC3)nnc2s1)N1CCC2(CC1)OCCO2. The first-order valence-corrected chi connectivity index (χ1v) is 8.85. The lowest BCUT2D eigenvalue weighted by Gasteiger charge is -2.37. The summed E-state index contributed by atoms with van der Waals surface area (Å²) in [6.45, 7) is 2.56. The summed E-state index contributed by atoms with van der Waals surface area (Å²) in [5.74, 6) is 0.856. The number of likely N-dealkylation sites (tertiary alicyclic amines) is 1. The highest BCUT2D eigenvalue weighted by atomic mass is 32.1. The van der Waals surface area contributed by atoms with Gasteiger partial charge >= 0.3 is 0 Å². The average Bonchev–Trinajstić information content (AvgIpc) is 2.98. The van der Waals surface area contributed by atoms with Crippen LogP contribution in [-0.4, -0.2) is 62.7 Å². The van der Waals surface area contributed by atoms with Crippen LogP contribution in [0, 0.1) is 0 Å². The molecule has 122 valence electrons. The predicted octanol–water partition coefficient (Wildman–Crippen LogP) is 1.04. The second kappa shape index (κ2) is 4.96. The molecular formula is C14H17N5O3S. The zero-order valence-corrected chi connectivity index (χ0v) is 13.4. The van der Waals surface area contributed by atoms with Gasteiger partial charge < -0.3 is 14.4 Å². The largest absolute Gasteiger partial charge is 0.347 e. The molecule has 0 bridgehead atoms. The van der Waals surface area contributed by atoms with E-state index in [0.29, 0.717) is 42.2 Å². The number of fused-ring (bicyclic) bond motifs is 1. The minimum absolute atomic E-state index is 0.0323. The highest BCUT2D eigenvalue weighted by Crippen LogP contribution is 2.39. The van der Waals surface area contributed by atoms with E-state index in [2.05, 4.69) is 15.3 Å². The molecule has 1 spiro atoms. The zero-order valence-electron chi connectivity index (χ0n) is 12.6. The standard InChI is InChI=1S/C14H17N5O3S/c20-12(18-5-3-14(4-6-18)21-7-8-22-14)11-17-19-10(9-1-2-9)15-16-13(19)23-11/h9H,1-8H2. The fraction of sp³-hybridized carbons (Fsp3) is 0.714. The molecule has 1 amide bonds. The summed E-state index contributed by atoms with van der Waals surface area (Å²) in [5, 5.41) is 13.3. The van der Waals surface area contributed by atoms with Crippen molar-refractivity contribution >= 4 is 22.2 Å². The number of ether oxygens (including phenoxy) is 2. The third-order valence-electron chi connectivity index (χ3n) is 4.77. The summed E-state index contributed by atoms with van der Waals surface area (Å²) in [7, 11) is 0. The van der Waals surface area contributed by atoms with Gasteiger partial charge in [0.25, 0.3) is 5.91 Å². The maximum absolute atomic E-state index is 12.7. The molecule has 2 saturated heterocycles. The topological polar surface area (TPSA) is 81.9 Å². The average molecular weight is 335 g/mol. The molecular weight excluding hydrogens is 318 g/mol. The second-order valence-corrected chi connectivity index (χ2v) is 7.29. The molecule has 0 unspecified atom stereocenters. The molecule has 2 aliphatic heterocycles. The van der Waals surface area contributed by atoms with Crippen LogP contribution in [0.15, 0.2) is 0 Å². The van der Waals surface area contributed by atoms with Crippen LogP contribution in [0.1, 0.15) is 47.2 Å². The van der Waals surface area contributed by atoms with Crippen LogP contribution in [0.3, 0.4) is 0 Å². The van der Waals surface area contributed by atoms with Crippen molar-refractivity contribution < 1.29 is 14.3 Å². The first kappa shape index (κ1) is 13.8. The number of amides is 1.